The van der Waals surface area contributed by atoms with Gasteiger partial charge in [0.15, 0.2) is 0 Å². The van der Waals surface area contributed by atoms with E-state index in [0.717, 1.165) is 109 Å². The van der Waals surface area contributed by atoms with Gasteiger partial charge in [0.2, 0.25) is 5.91 Å². The molecule has 0 radical (unpaired) electrons. The van der Waals surface area contributed by atoms with Gasteiger partial charge < -0.3 is 28.5 Å². The summed E-state index contributed by atoms with van der Waals surface area (Å²) in [5, 5.41) is 3.02. The molecule has 0 aromatic carbocycles. The van der Waals surface area contributed by atoms with Crippen molar-refractivity contribution in [3.05, 3.63) is 85.1 Å². The lowest BCUT2D eigenvalue weighted by Crippen LogP contribution is -2.47. The second kappa shape index (κ2) is 55.5. The number of quaternary nitrogens is 1. The number of nitrogens with zero attached hydrogens (tertiary/aromatic N) is 1. The van der Waals surface area contributed by atoms with Crippen LogP contribution in [0.25, 0.3) is 0 Å². The highest BCUT2D eigenvalue weighted by Crippen LogP contribution is 2.38. The Labute approximate surface area is 469 Å². The number of rotatable bonds is 56. The van der Waals surface area contributed by atoms with Crippen LogP contribution in [-0.4, -0.2) is 69.4 Å². The molecule has 0 saturated carbocycles. The van der Waals surface area contributed by atoms with Crippen molar-refractivity contribution in [3.63, 3.8) is 0 Å². The zero-order valence-corrected chi connectivity index (χ0v) is 51.1. The molecular weight excluding hydrogens is 964 g/mol. The number of carbonyl (C=O) groups is 2. The molecule has 0 fully saturated rings. The Morgan fingerprint density at radius 1 is 0.474 bits per heavy atom. The van der Waals surface area contributed by atoms with E-state index in [0.29, 0.717) is 23.9 Å². The molecule has 10 heteroatoms. The van der Waals surface area contributed by atoms with Gasteiger partial charge in [0.05, 0.1) is 33.8 Å². The summed E-state index contributed by atoms with van der Waals surface area (Å²) in [6.07, 6.45) is 72.7. The van der Waals surface area contributed by atoms with Gasteiger partial charge in [-0.1, -0.05) is 241 Å². The molecule has 1 amide bonds. The first kappa shape index (κ1) is 73.2. The van der Waals surface area contributed by atoms with Crippen molar-refractivity contribution in [2.24, 2.45) is 0 Å². The highest BCUT2D eigenvalue weighted by molar-refractivity contribution is 7.45. The van der Waals surface area contributed by atoms with Crippen LogP contribution >= 0.6 is 7.82 Å². The summed E-state index contributed by atoms with van der Waals surface area (Å²) in [5.41, 5.74) is 0. The molecule has 1 N–H and O–H groups in total. The van der Waals surface area contributed by atoms with Crippen molar-refractivity contribution in [2.45, 2.75) is 283 Å². The monoisotopic (exact) mass is 1080 g/mol. The minimum absolute atomic E-state index is 0.0286. The van der Waals surface area contributed by atoms with Crippen LogP contribution in [0.2, 0.25) is 0 Å². The van der Waals surface area contributed by atoms with Crippen molar-refractivity contribution in [3.8, 4) is 0 Å². The lowest BCUT2D eigenvalue weighted by Gasteiger charge is -2.30. The molecule has 0 aromatic rings. The molecule has 3 unspecified atom stereocenters. The minimum Gasteiger partial charge on any atom is -0.756 e. The highest BCUT2D eigenvalue weighted by atomic mass is 31.2. The topological polar surface area (TPSA) is 114 Å². The first-order valence-corrected chi connectivity index (χ1v) is 32.9. The van der Waals surface area contributed by atoms with Gasteiger partial charge in [-0.15, -0.1) is 0 Å². The maximum Gasteiger partial charge on any atom is 0.306 e. The van der Waals surface area contributed by atoms with E-state index in [1.165, 1.54) is 122 Å². The van der Waals surface area contributed by atoms with Gasteiger partial charge in [-0.2, -0.15) is 0 Å². The van der Waals surface area contributed by atoms with Crippen LogP contribution < -0.4 is 10.2 Å². The fourth-order valence-corrected chi connectivity index (χ4v) is 9.44. The summed E-state index contributed by atoms with van der Waals surface area (Å²) in [6.45, 7) is 6.71. The van der Waals surface area contributed by atoms with Crippen LogP contribution in [0, 0.1) is 0 Å². The minimum atomic E-state index is -4.70. The SMILES string of the molecule is CC/C=C\C/C=C\C/C=C\C/C=C\C/C=C\CCCCCCCCCCCC(=O)NC(COP(=O)([O-])OCC[N+](C)(C)C)C(/C=C\CCCCCCCCCCCC)OC(=O)CCCCC/C=C\CCCCCCCC. The highest BCUT2D eigenvalue weighted by Gasteiger charge is 2.27. The lowest BCUT2D eigenvalue weighted by atomic mass is 10.0. The number of phosphoric ester groups is 1. The normalized spacial score (nSPS) is 14.2. The number of amides is 1. The van der Waals surface area contributed by atoms with Crippen LogP contribution in [0.5, 0.6) is 0 Å². The van der Waals surface area contributed by atoms with E-state index < -0.39 is 26.6 Å². The Kier molecular flexibility index (Phi) is 53.5. The average molecular weight is 1080 g/mol. The van der Waals surface area contributed by atoms with Crippen molar-refractivity contribution in [1.82, 2.24) is 5.32 Å². The molecule has 0 bridgehead atoms. The standard InChI is InChI=1S/C66H119N2O7P/c1-7-10-13-16-19-22-25-28-29-30-31-32-33-34-35-36-37-38-39-41-43-46-49-52-55-58-65(69)67-63(62-74-76(71,72)73-61-60-68(4,5)6)64(57-54-51-48-45-42-27-24-21-18-15-12-9-3)75-66(70)59-56-53-50-47-44-40-26-23-20-17-14-11-8-2/h10,13,19,22,28-29,31-32,34-35,40,44,54,57,63-64H,7-9,11-12,14-18,20-21,23-27,30,33,36-39,41-43,45-53,55-56,58-62H2,1-6H3,(H-,67,69,71,72)/b13-10-,22-19-,29-28-,32-31-,35-34-,44-40-,57-54-. The number of esters is 1. The van der Waals surface area contributed by atoms with Crippen molar-refractivity contribution in [1.29, 1.82) is 0 Å². The van der Waals surface area contributed by atoms with Crippen LogP contribution in [0.1, 0.15) is 271 Å². The maximum atomic E-state index is 13.5. The Morgan fingerprint density at radius 3 is 1.29 bits per heavy atom. The lowest BCUT2D eigenvalue weighted by molar-refractivity contribution is -0.870. The summed E-state index contributed by atoms with van der Waals surface area (Å²) in [4.78, 5) is 39.9. The Hall–Kier alpha value is -2.81. The molecular formula is C66H119N2O7P. The molecule has 0 aromatic heterocycles. The number of unbranched alkanes of at least 4 members (excludes halogenated alkanes) is 28. The van der Waals surface area contributed by atoms with Gasteiger partial charge in [0.25, 0.3) is 7.82 Å². The summed E-state index contributed by atoms with van der Waals surface area (Å²) in [5.74, 6) is -0.567. The van der Waals surface area contributed by atoms with Gasteiger partial charge in [-0.05, 0) is 102 Å². The molecule has 3 atom stereocenters. The molecule has 0 saturated heterocycles. The molecule has 0 aliphatic heterocycles. The van der Waals surface area contributed by atoms with Gasteiger partial charge in [-0.25, -0.2) is 0 Å². The van der Waals surface area contributed by atoms with Gasteiger partial charge >= 0.3 is 5.97 Å². The molecule has 76 heavy (non-hydrogen) atoms. The van der Waals surface area contributed by atoms with E-state index in [2.05, 4.69) is 99.0 Å². The largest absolute Gasteiger partial charge is 0.756 e. The fraction of sp³-hybridized carbons (Fsp3) is 0.758. The van der Waals surface area contributed by atoms with E-state index in [-0.39, 0.29) is 24.9 Å². The van der Waals surface area contributed by atoms with Crippen molar-refractivity contribution in [2.75, 3.05) is 40.9 Å². The summed E-state index contributed by atoms with van der Waals surface area (Å²) < 4.78 is 30.3. The van der Waals surface area contributed by atoms with E-state index in [1.807, 2.05) is 33.3 Å². The number of nitrogens with one attached hydrogen (secondary N) is 1. The second-order valence-electron chi connectivity index (χ2n) is 22.2. The van der Waals surface area contributed by atoms with Crippen LogP contribution in [0.15, 0.2) is 85.1 Å². The second-order valence-corrected chi connectivity index (χ2v) is 23.6. The predicted molar refractivity (Wildman–Crippen MR) is 325 cm³/mol. The van der Waals surface area contributed by atoms with Crippen molar-refractivity contribution < 1.29 is 37.3 Å². The molecule has 0 heterocycles. The van der Waals surface area contributed by atoms with Crippen LogP contribution in [-0.2, 0) is 27.9 Å². The number of likely N-dealkylation sites (N-methyl/N-ethyl adjacent to an activating group) is 1. The number of carbonyl (C=O) groups excluding carboxylic acids is 2. The quantitative estimate of drug-likeness (QED) is 0.0212. The third-order valence-corrected chi connectivity index (χ3v) is 14.5. The molecule has 9 nitrogen and oxygen atoms in total. The molecule has 440 valence electrons. The third-order valence-electron chi connectivity index (χ3n) is 13.6. The zero-order chi connectivity index (χ0) is 55.7. The van der Waals surface area contributed by atoms with E-state index in [4.69, 9.17) is 13.8 Å². The number of hydrogen-bond donors (Lipinski definition) is 1. The smallest absolute Gasteiger partial charge is 0.306 e. The fourth-order valence-electron chi connectivity index (χ4n) is 8.72. The Bertz CT molecular complexity index is 1580. The van der Waals surface area contributed by atoms with Crippen LogP contribution in [0.4, 0.5) is 0 Å². The molecule has 0 aliphatic carbocycles. The van der Waals surface area contributed by atoms with Gasteiger partial charge in [0, 0.05) is 12.8 Å². The van der Waals surface area contributed by atoms with Crippen LogP contribution in [0.3, 0.4) is 0 Å². The molecule has 0 aliphatic rings. The molecule has 0 spiro atoms. The van der Waals surface area contributed by atoms with E-state index >= 15 is 0 Å². The number of ether oxygens (including phenoxy) is 1. The van der Waals surface area contributed by atoms with E-state index in [1.54, 1.807) is 0 Å². The first-order valence-electron chi connectivity index (χ1n) is 31.4. The maximum absolute atomic E-state index is 13.5. The first-order chi connectivity index (χ1) is 36.9. The number of allylic oxidation sites excluding steroid dienone is 13. The Morgan fingerprint density at radius 2 is 0.842 bits per heavy atom. The number of phosphoric acid groups is 1. The average Bonchev–Trinajstić information content (AvgIpc) is 3.38. The van der Waals surface area contributed by atoms with E-state index in [9.17, 15) is 19.0 Å². The van der Waals surface area contributed by atoms with Gasteiger partial charge in [-0.3, -0.25) is 14.2 Å². The summed E-state index contributed by atoms with van der Waals surface area (Å²) >= 11 is 0. The molecule has 0 rings (SSSR count). The zero-order valence-electron chi connectivity index (χ0n) is 50.2. The summed E-state index contributed by atoms with van der Waals surface area (Å²) in [7, 11) is 1.17. The predicted octanol–water partition coefficient (Wildman–Crippen LogP) is 18.8. The third kappa shape index (κ3) is 55.9. The van der Waals surface area contributed by atoms with Crippen molar-refractivity contribution >= 4 is 19.7 Å². The van der Waals surface area contributed by atoms with Gasteiger partial charge in [0.1, 0.15) is 19.3 Å². The Balaban J connectivity index is 5.16. The summed E-state index contributed by atoms with van der Waals surface area (Å²) in [6, 6.07) is -0.901. The number of hydrogen-bond acceptors (Lipinski definition) is 7.